The van der Waals surface area contributed by atoms with E-state index >= 15 is 0 Å². The van der Waals surface area contributed by atoms with Crippen LogP contribution >= 0.6 is 23.2 Å². The summed E-state index contributed by atoms with van der Waals surface area (Å²) in [5.74, 6) is 0.768. The number of rotatable bonds is 10. The second kappa shape index (κ2) is 11.3. The molecule has 1 aromatic heterocycles. The van der Waals surface area contributed by atoms with Gasteiger partial charge >= 0.3 is 0 Å². The second-order valence-corrected chi connectivity index (χ2v) is 6.55. The number of amides is 1. The molecule has 0 unspecified atom stereocenters. The van der Waals surface area contributed by atoms with Crippen LogP contribution in [0.1, 0.15) is 16.1 Å². The Kier molecular flexibility index (Phi) is 8.70. The maximum atomic E-state index is 12.2. The fourth-order valence-corrected chi connectivity index (χ4v) is 2.64. The van der Waals surface area contributed by atoms with Gasteiger partial charge in [0.2, 0.25) is 5.82 Å². The molecule has 0 saturated carbocycles. The molecule has 0 fully saturated rings. The summed E-state index contributed by atoms with van der Waals surface area (Å²) in [6.45, 7) is 1.44. The minimum Gasteiger partial charge on any atom is -0.369 e. The summed E-state index contributed by atoms with van der Waals surface area (Å²) in [6.07, 6.45) is 2.92. The van der Waals surface area contributed by atoms with Crippen LogP contribution in [0.3, 0.4) is 0 Å². The van der Waals surface area contributed by atoms with Gasteiger partial charge in [0.05, 0.1) is 12.5 Å². The average Bonchev–Trinajstić information content (AvgIpc) is 3.15. The molecule has 1 aromatic carbocycles. The van der Waals surface area contributed by atoms with E-state index in [9.17, 15) is 4.79 Å². The van der Waals surface area contributed by atoms with Crippen LogP contribution < -0.4 is 10.3 Å². The third-order valence-electron chi connectivity index (χ3n) is 3.51. The Morgan fingerprint density at radius 2 is 1.89 bits per heavy atom. The van der Waals surface area contributed by atoms with Gasteiger partial charge in [-0.05, 0) is 17.7 Å². The van der Waals surface area contributed by atoms with Gasteiger partial charge in [0, 0.05) is 44.6 Å². The highest BCUT2D eigenvalue weighted by molar-refractivity contribution is 6.18. The van der Waals surface area contributed by atoms with E-state index in [0.29, 0.717) is 11.8 Å². The molecule has 28 heavy (non-hydrogen) atoms. The van der Waals surface area contributed by atoms with E-state index in [1.807, 2.05) is 24.3 Å². The number of halogens is 2. The molecule has 1 heterocycles. The van der Waals surface area contributed by atoms with Crippen molar-refractivity contribution in [2.24, 2.45) is 15.4 Å². The molecule has 150 valence electrons. The summed E-state index contributed by atoms with van der Waals surface area (Å²) in [7, 11) is 3.44. The van der Waals surface area contributed by atoms with Crippen molar-refractivity contribution in [1.82, 2.24) is 20.4 Å². The van der Waals surface area contributed by atoms with Crippen molar-refractivity contribution in [3.05, 3.63) is 41.9 Å². The number of aromatic amines is 1. The smallest absolute Gasteiger partial charge is 0.291 e. The third-order valence-corrected chi connectivity index (χ3v) is 3.85. The van der Waals surface area contributed by atoms with Crippen LogP contribution in [0.2, 0.25) is 0 Å². The number of hydrazone groups is 1. The summed E-state index contributed by atoms with van der Waals surface area (Å²) < 4.78 is 0. The molecule has 0 atom stereocenters. The number of nitrogens with one attached hydrogen (secondary N) is 2. The van der Waals surface area contributed by atoms with Crippen molar-refractivity contribution in [3.63, 3.8) is 0 Å². The minimum absolute atomic E-state index is 0.177. The number of alkyl halides is 2. The summed E-state index contributed by atoms with van der Waals surface area (Å²) in [5, 5.41) is 13.2. The van der Waals surface area contributed by atoms with E-state index in [1.54, 1.807) is 20.3 Å². The van der Waals surface area contributed by atoms with E-state index < -0.39 is 5.91 Å². The van der Waals surface area contributed by atoms with Crippen molar-refractivity contribution >= 4 is 46.8 Å². The van der Waals surface area contributed by atoms with E-state index in [4.69, 9.17) is 23.2 Å². The topological polar surface area (TPSA) is 101 Å². The zero-order valence-corrected chi connectivity index (χ0v) is 17.2. The molecule has 0 aliphatic carbocycles. The normalized spacial score (nSPS) is 11.3. The standard InChI is InChI=1S/C17H22Cl2N8O/c1-26(2)25-23-16-15(20-12-21-16)17(28)24-22-11-13-3-5-14(6-4-13)27(9-7-18)10-8-19/h3-6,11-12H,7-10H2,1-2H3,(H,20,21)(H,24,28)/b22-11+,25-23+. The molecule has 2 rings (SSSR count). The lowest BCUT2D eigenvalue weighted by molar-refractivity contribution is 0.0951. The van der Waals surface area contributed by atoms with Gasteiger partial charge in [0.25, 0.3) is 5.91 Å². The number of carbonyl (C=O) groups is 1. The Labute approximate surface area is 173 Å². The highest BCUT2D eigenvalue weighted by Crippen LogP contribution is 2.15. The van der Waals surface area contributed by atoms with Gasteiger partial charge < -0.3 is 9.88 Å². The van der Waals surface area contributed by atoms with Crippen LogP contribution in [0.15, 0.2) is 46.0 Å². The number of hydrogen-bond acceptors (Lipinski definition) is 6. The highest BCUT2D eigenvalue weighted by Gasteiger charge is 2.13. The molecule has 9 nitrogen and oxygen atoms in total. The number of benzene rings is 1. The molecule has 0 aliphatic rings. The first-order valence-corrected chi connectivity index (χ1v) is 9.54. The second-order valence-electron chi connectivity index (χ2n) is 5.79. The predicted molar refractivity (Wildman–Crippen MR) is 112 cm³/mol. The monoisotopic (exact) mass is 424 g/mol. The van der Waals surface area contributed by atoms with Crippen LogP contribution in [-0.4, -0.2) is 66.0 Å². The summed E-state index contributed by atoms with van der Waals surface area (Å²) in [5.41, 5.74) is 4.47. The molecule has 2 N–H and O–H groups in total. The molecule has 2 aromatic rings. The number of H-pyrrole nitrogens is 1. The Morgan fingerprint density at radius 1 is 1.21 bits per heavy atom. The van der Waals surface area contributed by atoms with Crippen LogP contribution in [0, 0.1) is 0 Å². The summed E-state index contributed by atoms with van der Waals surface area (Å²) in [6, 6.07) is 7.70. The van der Waals surface area contributed by atoms with Gasteiger partial charge in [0.1, 0.15) is 0 Å². The first kappa shape index (κ1) is 21.6. The molecule has 0 bridgehead atoms. The zero-order valence-electron chi connectivity index (χ0n) is 15.6. The van der Waals surface area contributed by atoms with E-state index in [1.165, 1.54) is 11.3 Å². The van der Waals surface area contributed by atoms with Crippen molar-refractivity contribution in [2.45, 2.75) is 0 Å². The van der Waals surface area contributed by atoms with Gasteiger partial charge in [-0.2, -0.15) is 5.10 Å². The zero-order chi connectivity index (χ0) is 20.4. The Hall–Kier alpha value is -2.65. The number of nitrogens with zero attached hydrogens (tertiary/aromatic N) is 6. The molecule has 0 aliphatic heterocycles. The van der Waals surface area contributed by atoms with Crippen molar-refractivity contribution < 1.29 is 4.79 Å². The van der Waals surface area contributed by atoms with Gasteiger partial charge in [-0.15, -0.1) is 28.3 Å². The van der Waals surface area contributed by atoms with Gasteiger partial charge in [0.15, 0.2) is 5.69 Å². The van der Waals surface area contributed by atoms with Crippen molar-refractivity contribution in [2.75, 3.05) is 43.8 Å². The summed E-state index contributed by atoms with van der Waals surface area (Å²) >= 11 is 11.7. The Morgan fingerprint density at radius 3 is 2.50 bits per heavy atom. The molecular formula is C17H22Cl2N8O. The lowest BCUT2D eigenvalue weighted by Gasteiger charge is -2.22. The average molecular weight is 425 g/mol. The van der Waals surface area contributed by atoms with Crippen LogP contribution in [-0.2, 0) is 0 Å². The first-order chi connectivity index (χ1) is 13.5. The van der Waals surface area contributed by atoms with Crippen molar-refractivity contribution in [3.8, 4) is 0 Å². The van der Waals surface area contributed by atoms with Gasteiger partial charge in [-0.1, -0.05) is 17.4 Å². The van der Waals surface area contributed by atoms with Gasteiger partial charge in [-0.25, -0.2) is 10.4 Å². The summed E-state index contributed by atoms with van der Waals surface area (Å²) in [4.78, 5) is 21.0. The SMILES string of the molecule is CN(C)/N=N/c1nc[nH]c1C(=O)N/N=C/c1ccc(N(CCCl)CCCl)cc1. The molecule has 0 saturated heterocycles. The van der Waals surface area contributed by atoms with Crippen molar-refractivity contribution in [1.29, 1.82) is 0 Å². The third kappa shape index (κ3) is 6.50. The van der Waals surface area contributed by atoms with Gasteiger partial charge in [-0.3, -0.25) is 9.80 Å². The van der Waals surface area contributed by atoms with E-state index in [-0.39, 0.29) is 11.5 Å². The number of aromatic nitrogens is 2. The number of anilines is 1. The van der Waals surface area contributed by atoms with Crippen LogP contribution in [0.25, 0.3) is 0 Å². The number of carbonyl (C=O) groups excluding carboxylic acids is 1. The minimum atomic E-state index is -0.464. The molecule has 0 spiro atoms. The maximum absolute atomic E-state index is 12.2. The van der Waals surface area contributed by atoms with Crippen LogP contribution in [0.4, 0.5) is 11.5 Å². The first-order valence-electron chi connectivity index (χ1n) is 8.48. The highest BCUT2D eigenvalue weighted by atomic mass is 35.5. The Balaban J connectivity index is 1.97. The van der Waals surface area contributed by atoms with E-state index in [0.717, 1.165) is 24.3 Å². The Bertz CT molecular complexity index is 798. The number of imidazole rings is 1. The molecule has 0 radical (unpaired) electrons. The quantitative estimate of drug-likeness (QED) is 0.264. The lowest BCUT2D eigenvalue weighted by Crippen LogP contribution is -2.27. The lowest BCUT2D eigenvalue weighted by atomic mass is 10.2. The molecule has 1 amide bonds. The van der Waals surface area contributed by atoms with Crippen LogP contribution in [0.5, 0.6) is 0 Å². The fourth-order valence-electron chi connectivity index (χ4n) is 2.23. The number of hydrogen-bond donors (Lipinski definition) is 2. The molecular weight excluding hydrogens is 403 g/mol. The predicted octanol–water partition coefficient (Wildman–Crippen LogP) is 3.02. The van der Waals surface area contributed by atoms with E-state index in [2.05, 4.69) is 35.7 Å². The fraction of sp³-hybridized carbons (Fsp3) is 0.353. The maximum Gasteiger partial charge on any atom is 0.291 e. The molecule has 11 heteroatoms. The largest absolute Gasteiger partial charge is 0.369 e.